The standard InChI is InChI=1S/C49H56Br2O5/c1-6-9-10-11-12-13-28-53-42-24-25-43(44(31-42)38-16-14-36(15-17-38)39-20-26-47(45(50)29-39)54-32-34(4)7-2)49(52)56-41-22-18-37(19-23-41)40-21-27-48(46(51)30-40)55-33-35(5)8-3/h14-27,29-31,34-35H,6-13,28,32-33H2,1-5H3. The number of esters is 1. The van der Waals surface area contributed by atoms with E-state index in [1.807, 2.05) is 72.8 Å². The third-order valence-electron chi connectivity index (χ3n) is 10.2. The third-order valence-corrected chi connectivity index (χ3v) is 11.4. The predicted octanol–water partition coefficient (Wildman–Crippen LogP) is 15.0. The van der Waals surface area contributed by atoms with Crippen LogP contribution in [-0.4, -0.2) is 25.8 Å². The molecule has 0 heterocycles. The maximum absolute atomic E-state index is 13.8. The summed E-state index contributed by atoms with van der Waals surface area (Å²) in [5, 5.41) is 0. The second kappa shape index (κ2) is 22.0. The number of halogens is 2. The molecule has 0 amide bonds. The Morgan fingerprint density at radius 1 is 0.536 bits per heavy atom. The van der Waals surface area contributed by atoms with Crippen LogP contribution in [0.4, 0.5) is 0 Å². The van der Waals surface area contributed by atoms with Crippen molar-refractivity contribution in [1.29, 1.82) is 0 Å². The summed E-state index contributed by atoms with van der Waals surface area (Å²) in [6.07, 6.45) is 9.30. The van der Waals surface area contributed by atoms with E-state index in [1.165, 1.54) is 25.7 Å². The van der Waals surface area contributed by atoms with Crippen LogP contribution in [0.15, 0.2) is 112 Å². The summed E-state index contributed by atoms with van der Waals surface area (Å²) in [6.45, 7) is 12.9. The smallest absolute Gasteiger partial charge is 0.344 e. The fourth-order valence-corrected chi connectivity index (χ4v) is 7.10. The van der Waals surface area contributed by atoms with Crippen molar-refractivity contribution in [2.45, 2.75) is 86.0 Å². The Bertz CT molecular complexity index is 1990. The van der Waals surface area contributed by atoms with Crippen molar-refractivity contribution in [2.24, 2.45) is 11.8 Å². The predicted molar refractivity (Wildman–Crippen MR) is 238 cm³/mol. The molecule has 2 atom stereocenters. The first-order valence-corrected chi connectivity index (χ1v) is 21.8. The summed E-state index contributed by atoms with van der Waals surface area (Å²) in [4.78, 5) is 13.8. The highest BCUT2D eigenvalue weighted by Gasteiger charge is 2.18. The average molecular weight is 885 g/mol. The molecule has 0 radical (unpaired) electrons. The Hall–Kier alpha value is -4.07. The molecule has 0 fully saturated rings. The SMILES string of the molecule is CCCCCCCCOc1ccc(C(=O)Oc2ccc(-c3ccc(OCC(C)CC)c(Br)c3)cc2)c(-c2ccc(-c3ccc(OCC(C)CC)c(Br)c3)cc2)c1. The van der Waals surface area contributed by atoms with Gasteiger partial charge < -0.3 is 18.9 Å². The van der Waals surface area contributed by atoms with E-state index in [9.17, 15) is 4.79 Å². The minimum Gasteiger partial charge on any atom is -0.494 e. The average Bonchev–Trinajstić information content (AvgIpc) is 3.22. The summed E-state index contributed by atoms with van der Waals surface area (Å²) in [7, 11) is 0. The molecule has 296 valence electrons. The van der Waals surface area contributed by atoms with Gasteiger partial charge in [-0.05, 0) is 138 Å². The van der Waals surface area contributed by atoms with Crippen LogP contribution in [0.2, 0.25) is 0 Å². The molecule has 0 bridgehead atoms. The zero-order valence-electron chi connectivity index (χ0n) is 33.5. The molecule has 5 nitrogen and oxygen atoms in total. The summed E-state index contributed by atoms with van der Waals surface area (Å²) < 4.78 is 26.1. The third kappa shape index (κ3) is 12.5. The molecule has 0 N–H and O–H groups in total. The molecule has 5 aromatic rings. The highest BCUT2D eigenvalue weighted by molar-refractivity contribution is 9.11. The van der Waals surface area contributed by atoms with E-state index in [2.05, 4.69) is 96.8 Å². The second-order valence-electron chi connectivity index (χ2n) is 14.8. The lowest BCUT2D eigenvalue weighted by Crippen LogP contribution is -2.10. The summed E-state index contributed by atoms with van der Waals surface area (Å²) in [5.41, 5.74) is 6.29. The van der Waals surface area contributed by atoms with E-state index in [0.29, 0.717) is 43.0 Å². The molecule has 56 heavy (non-hydrogen) atoms. The van der Waals surface area contributed by atoms with E-state index in [-0.39, 0.29) is 0 Å². The summed E-state index contributed by atoms with van der Waals surface area (Å²) in [5.74, 6) is 3.43. The number of hydrogen-bond donors (Lipinski definition) is 0. The molecule has 5 aromatic carbocycles. The first-order chi connectivity index (χ1) is 27.2. The maximum atomic E-state index is 13.8. The van der Waals surface area contributed by atoms with Gasteiger partial charge in [0.25, 0.3) is 0 Å². The van der Waals surface area contributed by atoms with E-state index >= 15 is 0 Å². The summed E-state index contributed by atoms with van der Waals surface area (Å²) in [6, 6.07) is 33.8. The van der Waals surface area contributed by atoms with Gasteiger partial charge in [-0.3, -0.25) is 0 Å². The lowest BCUT2D eigenvalue weighted by atomic mass is 9.96. The zero-order chi connectivity index (χ0) is 39.9. The van der Waals surface area contributed by atoms with E-state index in [0.717, 1.165) is 85.3 Å². The fourth-order valence-electron chi connectivity index (χ4n) is 6.12. The van der Waals surface area contributed by atoms with Crippen molar-refractivity contribution in [3.8, 4) is 56.4 Å². The maximum Gasteiger partial charge on any atom is 0.344 e. The van der Waals surface area contributed by atoms with Crippen LogP contribution in [0.5, 0.6) is 23.0 Å². The highest BCUT2D eigenvalue weighted by Crippen LogP contribution is 2.35. The molecule has 0 aromatic heterocycles. The van der Waals surface area contributed by atoms with Crippen LogP contribution >= 0.6 is 31.9 Å². The van der Waals surface area contributed by atoms with Crippen LogP contribution in [0.25, 0.3) is 33.4 Å². The molecular formula is C49H56Br2O5. The van der Waals surface area contributed by atoms with Crippen molar-refractivity contribution in [3.05, 3.63) is 118 Å². The van der Waals surface area contributed by atoms with Gasteiger partial charge in [0.2, 0.25) is 0 Å². The van der Waals surface area contributed by atoms with Gasteiger partial charge in [0.1, 0.15) is 23.0 Å². The number of ether oxygens (including phenoxy) is 4. The normalized spacial score (nSPS) is 12.2. The van der Waals surface area contributed by atoms with E-state index in [4.69, 9.17) is 18.9 Å². The Labute approximate surface area is 351 Å². The molecule has 0 aliphatic heterocycles. The fraction of sp³-hybridized carbons (Fsp3) is 0.367. The molecule has 0 saturated carbocycles. The molecule has 2 unspecified atom stereocenters. The van der Waals surface area contributed by atoms with Gasteiger partial charge in [-0.25, -0.2) is 4.79 Å². The van der Waals surface area contributed by atoms with Crippen LogP contribution in [0.1, 0.15) is 96.3 Å². The molecule has 7 heteroatoms. The first-order valence-electron chi connectivity index (χ1n) is 20.2. The second-order valence-corrected chi connectivity index (χ2v) is 16.5. The van der Waals surface area contributed by atoms with Crippen molar-refractivity contribution in [2.75, 3.05) is 19.8 Å². The van der Waals surface area contributed by atoms with Gasteiger partial charge in [0.15, 0.2) is 0 Å². The van der Waals surface area contributed by atoms with Gasteiger partial charge >= 0.3 is 5.97 Å². The number of rotatable bonds is 21. The van der Waals surface area contributed by atoms with Crippen LogP contribution in [0, 0.1) is 11.8 Å². The van der Waals surface area contributed by atoms with Gasteiger partial charge in [-0.2, -0.15) is 0 Å². The van der Waals surface area contributed by atoms with Crippen LogP contribution in [0.3, 0.4) is 0 Å². The topological polar surface area (TPSA) is 54.0 Å². The number of benzene rings is 5. The highest BCUT2D eigenvalue weighted by atomic mass is 79.9. The Kier molecular flexibility index (Phi) is 16.9. The van der Waals surface area contributed by atoms with Crippen molar-refractivity contribution >= 4 is 37.8 Å². The molecule has 0 saturated heterocycles. The summed E-state index contributed by atoms with van der Waals surface area (Å²) >= 11 is 7.38. The molecule has 5 rings (SSSR count). The Morgan fingerprint density at radius 3 is 1.55 bits per heavy atom. The molecular weight excluding hydrogens is 828 g/mol. The largest absolute Gasteiger partial charge is 0.494 e. The van der Waals surface area contributed by atoms with Crippen LogP contribution in [-0.2, 0) is 0 Å². The number of carbonyl (C=O) groups is 1. The number of carbonyl (C=O) groups excluding carboxylic acids is 1. The Morgan fingerprint density at radius 2 is 1.02 bits per heavy atom. The minimum atomic E-state index is -0.429. The van der Waals surface area contributed by atoms with Gasteiger partial charge in [0.05, 0.1) is 34.3 Å². The quantitative estimate of drug-likeness (QED) is 0.0417. The monoisotopic (exact) mass is 882 g/mol. The van der Waals surface area contributed by atoms with Gasteiger partial charge in [-0.15, -0.1) is 0 Å². The van der Waals surface area contributed by atoms with Gasteiger partial charge in [-0.1, -0.05) is 128 Å². The zero-order valence-corrected chi connectivity index (χ0v) is 36.7. The van der Waals surface area contributed by atoms with Crippen molar-refractivity contribution < 1.29 is 23.7 Å². The lowest BCUT2D eigenvalue weighted by Gasteiger charge is -2.15. The molecule has 0 spiro atoms. The van der Waals surface area contributed by atoms with E-state index < -0.39 is 5.97 Å². The van der Waals surface area contributed by atoms with E-state index in [1.54, 1.807) is 0 Å². The van der Waals surface area contributed by atoms with Crippen molar-refractivity contribution in [3.63, 3.8) is 0 Å². The van der Waals surface area contributed by atoms with Crippen molar-refractivity contribution in [1.82, 2.24) is 0 Å². The number of unbranched alkanes of at least 4 members (excludes halogenated alkanes) is 5. The molecule has 0 aliphatic carbocycles. The number of hydrogen-bond acceptors (Lipinski definition) is 5. The first kappa shape index (κ1) is 43.1. The minimum absolute atomic E-state index is 0.429. The Balaban J connectivity index is 1.33. The molecule has 0 aliphatic rings. The van der Waals surface area contributed by atoms with Crippen LogP contribution < -0.4 is 18.9 Å². The van der Waals surface area contributed by atoms with Gasteiger partial charge in [0, 0.05) is 0 Å². The lowest BCUT2D eigenvalue weighted by molar-refractivity contribution is 0.0735.